The van der Waals surface area contributed by atoms with Crippen LogP contribution < -0.4 is 10.3 Å². The van der Waals surface area contributed by atoms with Gasteiger partial charge in [0, 0.05) is 24.9 Å². The van der Waals surface area contributed by atoms with Gasteiger partial charge in [0.15, 0.2) is 0 Å². The van der Waals surface area contributed by atoms with Crippen LogP contribution in [0.15, 0.2) is 35.3 Å². The van der Waals surface area contributed by atoms with Gasteiger partial charge in [0.25, 0.3) is 5.56 Å². The van der Waals surface area contributed by atoms with E-state index in [1.165, 1.54) is 23.5 Å². The smallest absolute Gasteiger partial charge is 0.306 e. The number of carboxylic acid groups (broad SMARTS) is 1. The summed E-state index contributed by atoms with van der Waals surface area (Å²) in [5, 5.41) is 9.40. The summed E-state index contributed by atoms with van der Waals surface area (Å²) in [5.74, 6) is 0.397. The minimum Gasteiger partial charge on any atom is -0.497 e. The first-order valence-corrected chi connectivity index (χ1v) is 9.22. The van der Waals surface area contributed by atoms with Gasteiger partial charge in [-0.3, -0.25) is 9.59 Å². The molecule has 2 aromatic rings. The highest BCUT2D eigenvalue weighted by atomic mass is 16.5. The minimum atomic E-state index is -0.944. The van der Waals surface area contributed by atoms with E-state index in [2.05, 4.69) is 0 Å². The average molecular weight is 369 g/mol. The molecule has 1 aromatic heterocycles. The van der Waals surface area contributed by atoms with Crippen molar-refractivity contribution in [2.75, 3.05) is 7.11 Å². The lowest BCUT2D eigenvalue weighted by Crippen LogP contribution is -2.19. The number of methoxy groups -OCH3 is 1. The number of aliphatic carboxylic acids is 1. The minimum absolute atomic E-state index is 0.174. The van der Waals surface area contributed by atoms with Gasteiger partial charge in [0.1, 0.15) is 5.75 Å². The SMILES string of the molecule is COc1ccc2c(c1)C(CC1CC1)OC(CC(=O)O)c1cc(=O)n(C)cc1-2. The molecule has 6 nitrogen and oxygen atoms in total. The van der Waals surface area contributed by atoms with Crippen molar-refractivity contribution in [2.24, 2.45) is 13.0 Å². The summed E-state index contributed by atoms with van der Waals surface area (Å²) >= 11 is 0. The number of ether oxygens (including phenoxy) is 2. The summed E-state index contributed by atoms with van der Waals surface area (Å²) in [6.07, 6.45) is 3.92. The molecular formula is C21H23NO5. The third-order valence-electron chi connectivity index (χ3n) is 5.44. The number of pyridine rings is 1. The van der Waals surface area contributed by atoms with Crippen LogP contribution in [0, 0.1) is 5.92 Å². The highest BCUT2D eigenvalue weighted by molar-refractivity contribution is 5.74. The van der Waals surface area contributed by atoms with Gasteiger partial charge in [0.05, 0.1) is 25.7 Å². The largest absolute Gasteiger partial charge is 0.497 e. The first-order valence-electron chi connectivity index (χ1n) is 9.22. The lowest BCUT2D eigenvalue weighted by Gasteiger charge is -2.23. The van der Waals surface area contributed by atoms with E-state index in [9.17, 15) is 14.7 Å². The maximum atomic E-state index is 12.3. The number of aryl methyl sites for hydroxylation is 1. The second-order valence-corrected chi connectivity index (χ2v) is 7.44. The standard InChI is InChI=1S/C21H23NO5/c1-22-11-17-14-6-5-13(26-2)8-15(14)18(7-12-3-4-12)27-19(10-21(24)25)16(17)9-20(22)23/h5-6,8-9,11-12,18-19H,3-4,7,10H2,1-2H3,(H,24,25). The van der Waals surface area contributed by atoms with E-state index in [0.717, 1.165) is 28.9 Å². The molecule has 2 atom stereocenters. The fourth-order valence-electron chi connectivity index (χ4n) is 3.82. The predicted molar refractivity (Wildman–Crippen MR) is 99.8 cm³/mol. The van der Waals surface area contributed by atoms with Gasteiger partial charge < -0.3 is 19.1 Å². The van der Waals surface area contributed by atoms with E-state index in [4.69, 9.17) is 9.47 Å². The summed E-state index contributed by atoms with van der Waals surface area (Å²) in [7, 11) is 3.32. The highest BCUT2D eigenvalue weighted by Crippen LogP contribution is 2.48. The summed E-state index contributed by atoms with van der Waals surface area (Å²) in [4.78, 5) is 23.7. The number of carbonyl (C=O) groups is 1. The molecule has 1 aliphatic carbocycles. The van der Waals surface area contributed by atoms with Crippen LogP contribution >= 0.6 is 0 Å². The van der Waals surface area contributed by atoms with E-state index < -0.39 is 12.1 Å². The van der Waals surface area contributed by atoms with Crippen LogP contribution in [0.2, 0.25) is 0 Å². The van der Waals surface area contributed by atoms with Crippen molar-refractivity contribution in [2.45, 2.75) is 37.9 Å². The quantitative estimate of drug-likeness (QED) is 0.873. The van der Waals surface area contributed by atoms with Crippen molar-refractivity contribution >= 4 is 5.97 Å². The van der Waals surface area contributed by atoms with Gasteiger partial charge in [-0.15, -0.1) is 0 Å². The van der Waals surface area contributed by atoms with E-state index in [1.54, 1.807) is 20.4 Å². The maximum absolute atomic E-state index is 12.3. The van der Waals surface area contributed by atoms with Gasteiger partial charge >= 0.3 is 5.97 Å². The van der Waals surface area contributed by atoms with Gasteiger partial charge in [-0.25, -0.2) is 0 Å². The molecule has 0 saturated heterocycles. The lowest BCUT2D eigenvalue weighted by molar-refractivity contribution is -0.142. The van der Waals surface area contributed by atoms with Crippen molar-refractivity contribution in [3.63, 3.8) is 0 Å². The molecule has 1 fully saturated rings. The first-order chi connectivity index (χ1) is 13.0. The Morgan fingerprint density at radius 2 is 1.96 bits per heavy atom. The van der Waals surface area contributed by atoms with Crippen molar-refractivity contribution in [3.8, 4) is 16.9 Å². The van der Waals surface area contributed by atoms with E-state index in [-0.39, 0.29) is 18.1 Å². The number of hydrogen-bond donors (Lipinski definition) is 1. The van der Waals surface area contributed by atoms with Crippen LogP contribution in [0.5, 0.6) is 5.75 Å². The fourth-order valence-corrected chi connectivity index (χ4v) is 3.82. The van der Waals surface area contributed by atoms with E-state index in [0.29, 0.717) is 11.5 Å². The Kier molecular flexibility index (Phi) is 4.52. The molecule has 1 N–H and O–H groups in total. The van der Waals surface area contributed by atoms with E-state index in [1.807, 2.05) is 18.2 Å². The Bertz CT molecular complexity index is 944. The van der Waals surface area contributed by atoms with Crippen molar-refractivity contribution in [1.29, 1.82) is 0 Å². The number of hydrogen-bond acceptors (Lipinski definition) is 4. The van der Waals surface area contributed by atoms with Crippen molar-refractivity contribution in [3.05, 3.63) is 51.9 Å². The number of rotatable bonds is 5. The van der Waals surface area contributed by atoms with E-state index >= 15 is 0 Å². The first kappa shape index (κ1) is 17.8. The summed E-state index contributed by atoms with van der Waals surface area (Å²) < 4.78 is 13.3. The van der Waals surface area contributed by atoms with Crippen LogP contribution in [-0.4, -0.2) is 22.8 Å². The summed E-state index contributed by atoms with van der Waals surface area (Å²) in [5.41, 5.74) is 3.28. The summed E-state index contributed by atoms with van der Waals surface area (Å²) in [6, 6.07) is 7.35. The Hall–Kier alpha value is -2.60. The Morgan fingerprint density at radius 3 is 2.63 bits per heavy atom. The third-order valence-corrected chi connectivity index (χ3v) is 5.44. The lowest BCUT2D eigenvalue weighted by atomic mass is 9.92. The second kappa shape index (κ2) is 6.85. The molecule has 2 unspecified atom stereocenters. The normalized spacial score (nSPS) is 21.1. The van der Waals surface area contributed by atoms with Crippen LogP contribution in [-0.2, 0) is 16.6 Å². The highest BCUT2D eigenvalue weighted by Gasteiger charge is 2.35. The zero-order chi connectivity index (χ0) is 19.1. The monoisotopic (exact) mass is 369 g/mol. The second-order valence-electron chi connectivity index (χ2n) is 7.44. The number of nitrogens with zero attached hydrogens (tertiary/aromatic N) is 1. The van der Waals surface area contributed by atoms with Gasteiger partial charge in [-0.1, -0.05) is 18.9 Å². The molecule has 4 rings (SSSR count). The number of benzene rings is 1. The molecule has 0 bridgehead atoms. The molecule has 0 spiro atoms. The third kappa shape index (κ3) is 3.49. The molecule has 142 valence electrons. The number of aromatic nitrogens is 1. The predicted octanol–water partition coefficient (Wildman–Crippen LogP) is 3.45. The van der Waals surface area contributed by atoms with Gasteiger partial charge in [-0.05, 0) is 41.2 Å². The van der Waals surface area contributed by atoms with Gasteiger partial charge in [-0.2, -0.15) is 0 Å². The molecule has 2 heterocycles. The fraction of sp³-hybridized carbons (Fsp3) is 0.429. The topological polar surface area (TPSA) is 77.8 Å². The summed E-state index contributed by atoms with van der Waals surface area (Å²) in [6.45, 7) is 0. The van der Waals surface area contributed by atoms with Crippen molar-refractivity contribution in [1.82, 2.24) is 4.57 Å². The zero-order valence-electron chi connectivity index (χ0n) is 15.5. The van der Waals surface area contributed by atoms with Crippen molar-refractivity contribution < 1.29 is 19.4 Å². The molecule has 1 saturated carbocycles. The van der Waals surface area contributed by atoms with Crippen LogP contribution in [0.4, 0.5) is 0 Å². The van der Waals surface area contributed by atoms with Gasteiger partial charge in [0.2, 0.25) is 0 Å². The number of fused-ring (bicyclic) bond motifs is 3. The zero-order valence-corrected chi connectivity index (χ0v) is 15.5. The van der Waals surface area contributed by atoms with Crippen LogP contribution in [0.3, 0.4) is 0 Å². The Balaban J connectivity index is 1.91. The molecule has 6 heteroatoms. The average Bonchev–Trinajstić information content (AvgIpc) is 3.46. The Morgan fingerprint density at radius 1 is 1.22 bits per heavy atom. The molecule has 2 aliphatic rings. The number of carboxylic acids is 1. The maximum Gasteiger partial charge on any atom is 0.306 e. The molecule has 0 amide bonds. The molecule has 1 aliphatic heterocycles. The van der Waals surface area contributed by atoms with Crippen LogP contribution in [0.1, 0.15) is 49.0 Å². The molecule has 27 heavy (non-hydrogen) atoms. The molecular weight excluding hydrogens is 346 g/mol. The molecule has 1 aromatic carbocycles. The Labute approximate surface area is 157 Å². The van der Waals surface area contributed by atoms with Crippen LogP contribution in [0.25, 0.3) is 11.1 Å². The molecule has 0 radical (unpaired) electrons.